The van der Waals surface area contributed by atoms with Gasteiger partial charge in [0, 0.05) is 24.2 Å². The molecule has 1 saturated heterocycles. The van der Waals surface area contributed by atoms with Gasteiger partial charge in [0.1, 0.15) is 6.54 Å². The van der Waals surface area contributed by atoms with E-state index in [4.69, 9.17) is 0 Å². The van der Waals surface area contributed by atoms with Crippen molar-refractivity contribution in [3.63, 3.8) is 0 Å². The molecule has 0 aliphatic carbocycles. The second-order valence-electron chi connectivity index (χ2n) is 8.99. The third kappa shape index (κ3) is 4.19. The maximum absolute atomic E-state index is 13.3. The molecule has 0 radical (unpaired) electrons. The molecule has 184 valence electrons. The number of carbonyl (C=O) groups is 1. The molecule has 3 aromatic rings. The SMILES string of the molecule is Cc1ccc(NC(=O)CN2c3cccc4cccc(c34)S2(=O)=O)cc1S(=O)(=O)N1CCCCCC1. The van der Waals surface area contributed by atoms with Gasteiger partial charge in [0.2, 0.25) is 15.9 Å². The van der Waals surface area contributed by atoms with Crippen molar-refractivity contribution in [3.8, 4) is 0 Å². The first-order chi connectivity index (χ1) is 16.7. The quantitative estimate of drug-likeness (QED) is 0.558. The van der Waals surface area contributed by atoms with Crippen molar-refractivity contribution in [3.05, 3.63) is 60.2 Å². The van der Waals surface area contributed by atoms with Crippen molar-refractivity contribution in [2.24, 2.45) is 0 Å². The smallest absolute Gasteiger partial charge is 0.265 e. The highest BCUT2D eigenvalue weighted by molar-refractivity contribution is 7.93. The molecule has 3 aromatic carbocycles. The highest BCUT2D eigenvalue weighted by Gasteiger charge is 2.36. The van der Waals surface area contributed by atoms with Gasteiger partial charge in [-0.05, 0) is 55.0 Å². The molecular weight excluding hydrogens is 486 g/mol. The molecule has 0 atom stereocenters. The number of sulfonamides is 2. The van der Waals surface area contributed by atoms with Crippen LogP contribution in [0.3, 0.4) is 0 Å². The zero-order chi connectivity index (χ0) is 24.8. The minimum atomic E-state index is -3.87. The monoisotopic (exact) mass is 513 g/mol. The van der Waals surface area contributed by atoms with Gasteiger partial charge >= 0.3 is 0 Å². The first-order valence-corrected chi connectivity index (χ1v) is 14.5. The van der Waals surface area contributed by atoms with E-state index in [9.17, 15) is 21.6 Å². The minimum Gasteiger partial charge on any atom is -0.324 e. The average molecular weight is 514 g/mol. The van der Waals surface area contributed by atoms with Crippen LogP contribution in [0.4, 0.5) is 11.4 Å². The van der Waals surface area contributed by atoms with Crippen molar-refractivity contribution in [1.82, 2.24) is 4.31 Å². The van der Waals surface area contributed by atoms with Crippen LogP contribution in [0, 0.1) is 6.92 Å². The lowest BCUT2D eigenvalue weighted by Gasteiger charge is -2.22. The molecule has 1 N–H and O–H groups in total. The summed E-state index contributed by atoms with van der Waals surface area (Å²) in [5.74, 6) is -0.555. The van der Waals surface area contributed by atoms with Crippen molar-refractivity contribution in [2.45, 2.75) is 42.4 Å². The van der Waals surface area contributed by atoms with E-state index in [0.717, 1.165) is 35.4 Å². The lowest BCUT2D eigenvalue weighted by atomic mass is 10.1. The van der Waals surface area contributed by atoms with Crippen molar-refractivity contribution in [2.75, 3.05) is 29.3 Å². The molecule has 0 saturated carbocycles. The molecule has 0 aromatic heterocycles. The fourth-order valence-corrected chi connectivity index (χ4v) is 8.27. The van der Waals surface area contributed by atoms with Crippen LogP contribution in [0.5, 0.6) is 0 Å². The Morgan fingerprint density at radius 3 is 2.37 bits per heavy atom. The van der Waals surface area contributed by atoms with E-state index < -0.39 is 32.5 Å². The Bertz CT molecular complexity index is 1520. The van der Waals surface area contributed by atoms with Gasteiger partial charge < -0.3 is 5.32 Å². The molecule has 8 nitrogen and oxygen atoms in total. The fraction of sp³-hybridized carbons (Fsp3) is 0.320. The van der Waals surface area contributed by atoms with E-state index in [1.165, 1.54) is 10.4 Å². The zero-order valence-electron chi connectivity index (χ0n) is 19.4. The highest BCUT2D eigenvalue weighted by atomic mass is 32.2. The molecule has 0 bridgehead atoms. The summed E-state index contributed by atoms with van der Waals surface area (Å²) in [7, 11) is -7.57. The molecule has 1 fully saturated rings. The maximum Gasteiger partial charge on any atom is 0.265 e. The Morgan fingerprint density at radius 2 is 1.66 bits per heavy atom. The first-order valence-electron chi connectivity index (χ1n) is 11.6. The standard InChI is InChI=1S/C25H27N3O5S2/c1-18-12-13-20(16-23(18)34(30,31)27-14-4-2-3-5-15-27)26-24(29)17-28-21-10-6-8-19-9-7-11-22(25(19)21)35(28,32)33/h6-13,16H,2-5,14-15,17H2,1H3,(H,26,29). The number of aryl methyl sites for hydroxylation is 1. The molecule has 0 unspecified atom stereocenters. The molecule has 2 heterocycles. The normalized spacial score (nSPS) is 17.9. The fourth-order valence-electron chi connectivity index (χ4n) is 4.84. The number of carbonyl (C=O) groups excluding carboxylic acids is 1. The van der Waals surface area contributed by atoms with Crippen LogP contribution in [-0.2, 0) is 24.8 Å². The topological polar surface area (TPSA) is 104 Å². The van der Waals surface area contributed by atoms with Crippen LogP contribution in [0.25, 0.3) is 10.8 Å². The van der Waals surface area contributed by atoms with Crippen molar-refractivity contribution >= 4 is 48.1 Å². The van der Waals surface area contributed by atoms with Gasteiger partial charge in [-0.3, -0.25) is 9.10 Å². The first kappa shape index (κ1) is 23.8. The molecular formula is C25H27N3O5S2. The molecule has 5 rings (SSSR count). The van der Waals surface area contributed by atoms with E-state index >= 15 is 0 Å². The second-order valence-corrected chi connectivity index (χ2v) is 12.7. The van der Waals surface area contributed by atoms with Gasteiger partial charge in [-0.25, -0.2) is 16.8 Å². The van der Waals surface area contributed by atoms with Crippen molar-refractivity contribution in [1.29, 1.82) is 0 Å². The van der Waals surface area contributed by atoms with E-state index in [1.54, 1.807) is 43.3 Å². The number of hydrogen-bond donors (Lipinski definition) is 1. The van der Waals surface area contributed by atoms with Gasteiger partial charge in [0.25, 0.3) is 10.0 Å². The largest absolute Gasteiger partial charge is 0.324 e. The summed E-state index contributed by atoms with van der Waals surface area (Å²) in [6.07, 6.45) is 3.68. The Morgan fingerprint density at radius 1 is 0.971 bits per heavy atom. The third-order valence-electron chi connectivity index (χ3n) is 6.62. The summed E-state index contributed by atoms with van der Waals surface area (Å²) in [4.78, 5) is 13.3. The van der Waals surface area contributed by atoms with Crippen LogP contribution in [0.15, 0.2) is 64.4 Å². The van der Waals surface area contributed by atoms with Crippen LogP contribution >= 0.6 is 0 Å². The summed E-state index contributed by atoms with van der Waals surface area (Å²) in [6, 6.07) is 15.1. The van der Waals surface area contributed by atoms with Crippen LogP contribution in [-0.4, -0.2) is 46.7 Å². The second kappa shape index (κ2) is 8.92. The van der Waals surface area contributed by atoms with Crippen LogP contribution < -0.4 is 9.62 Å². The Balaban J connectivity index is 1.39. The minimum absolute atomic E-state index is 0.156. The van der Waals surface area contributed by atoms with Gasteiger partial charge in [-0.15, -0.1) is 0 Å². The summed E-state index contributed by atoms with van der Waals surface area (Å²) < 4.78 is 55.6. The predicted molar refractivity (Wildman–Crippen MR) is 136 cm³/mol. The maximum atomic E-state index is 13.3. The van der Waals surface area contributed by atoms with Crippen LogP contribution in [0.2, 0.25) is 0 Å². The predicted octanol–water partition coefficient (Wildman–Crippen LogP) is 3.86. The molecule has 2 aliphatic rings. The number of hydrogen-bond acceptors (Lipinski definition) is 5. The highest BCUT2D eigenvalue weighted by Crippen LogP contribution is 2.41. The summed E-state index contributed by atoms with van der Waals surface area (Å²) in [6.45, 7) is 2.28. The Labute approximate surface area is 205 Å². The Hall–Kier alpha value is -2.95. The Kier molecular flexibility index (Phi) is 6.06. The summed E-state index contributed by atoms with van der Waals surface area (Å²) >= 11 is 0. The number of nitrogens with zero attached hydrogens (tertiary/aromatic N) is 2. The van der Waals surface area contributed by atoms with Gasteiger partial charge in [-0.1, -0.05) is 43.2 Å². The molecule has 2 aliphatic heterocycles. The van der Waals surface area contributed by atoms with E-state index in [2.05, 4.69) is 5.32 Å². The summed E-state index contributed by atoms with van der Waals surface area (Å²) in [5, 5.41) is 4.08. The van der Waals surface area contributed by atoms with Gasteiger partial charge in [0.05, 0.1) is 15.5 Å². The zero-order valence-corrected chi connectivity index (χ0v) is 21.0. The number of nitrogens with one attached hydrogen (secondary N) is 1. The number of rotatable bonds is 5. The molecule has 35 heavy (non-hydrogen) atoms. The molecule has 1 amide bonds. The lowest BCUT2D eigenvalue weighted by Crippen LogP contribution is -2.35. The third-order valence-corrected chi connectivity index (χ3v) is 10.5. The molecule has 0 spiro atoms. The lowest BCUT2D eigenvalue weighted by molar-refractivity contribution is -0.114. The van der Waals surface area contributed by atoms with E-state index in [1.807, 2.05) is 12.1 Å². The van der Waals surface area contributed by atoms with E-state index in [-0.39, 0.29) is 9.79 Å². The summed E-state index contributed by atoms with van der Waals surface area (Å²) in [5.41, 5.74) is 1.36. The van der Waals surface area contributed by atoms with Crippen LogP contribution in [0.1, 0.15) is 31.2 Å². The van der Waals surface area contributed by atoms with Gasteiger partial charge in [0.15, 0.2) is 0 Å². The van der Waals surface area contributed by atoms with Crippen molar-refractivity contribution < 1.29 is 21.6 Å². The van der Waals surface area contributed by atoms with E-state index in [0.29, 0.717) is 35.4 Å². The molecule has 10 heteroatoms. The van der Waals surface area contributed by atoms with Gasteiger partial charge in [-0.2, -0.15) is 4.31 Å². The number of anilines is 2. The number of benzene rings is 3. The average Bonchev–Trinajstić information content (AvgIpc) is 3.02. The number of amides is 1.